The molecule has 31 heavy (non-hydrogen) atoms. The maximum absolute atomic E-state index is 13.2. The molecule has 0 aromatic heterocycles. The first-order valence-electron chi connectivity index (χ1n) is 10.2. The molecule has 0 saturated heterocycles. The number of ketones is 1. The molecule has 1 unspecified atom stereocenters. The summed E-state index contributed by atoms with van der Waals surface area (Å²) in [6.45, 7) is 1.89. The lowest BCUT2D eigenvalue weighted by atomic mass is 9.72. The average molecular weight is 418 g/mol. The second-order valence-electron chi connectivity index (χ2n) is 7.79. The summed E-state index contributed by atoms with van der Waals surface area (Å²) < 4.78 is 5.60. The summed E-state index contributed by atoms with van der Waals surface area (Å²) in [5, 5.41) is 11.1. The molecule has 0 saturated carbocycles. The van der Waals surface area contributed by atoms with Gasteiger partial charge in [-0.3, -0.25) is 24.7 Å². The van der Waals surface area contributed by atoms with Gasteiger partial charge in [-0.25, -0.2) is 0 Å². The van der Waals surface area contributed by atoms with Crippen molar-refractivity contribution in [1.82, 2.24) is 0 Å². The van der Waals surface area contributed by atoms with Gasteiger partial charge in [-0.05, 0) is 30.9 Å². The molecule has 1 heterocycles. The van der Waals surface area contributed by atoms with Gasteiger partial charge in [0.1, 0.15) is 12.5 Å². The highest BCUT2D eigenvalue weighted by Crippen LogP contribution is 2.43. The van der Waals surface area contributed by atoms with E-state index in [-0.39, 0.29) is 18.1 Å². The van der Waals surface area contributed by atoms with E-state index < -0.39 is 22.7 Å². The lowest BCUT2D eigenvalue weighted by Crippen LogP contribution is -2.37. The molecule has 0 spiro atoms. The molecule has 0 fully saturated rings. The number of Topliss-reactive ketones (excluding diaryl/α,β-unsaturated/α-hetero) is 1. The van der Waals surface area contributed by atoms with E-state index in [1.165, 1.54) is 12.1 Å². The van der Waals surface area contributed by atoms with Crippen LogP contribution in [0.2, 0.25) is 0 Å². The first kappa shape index (κ1) is 20.7. The number of nitro benzene ring substituents is 1. The van der Waals surface area contributed by atoms with Crippen LogP contribution in [-0.2, 0) is 20.9 Å². The normalized spacial score (nSPS) is 20.7. The Kier molecular flexibility index (Phi) is 5.75. The Morgan fingerprint density at radius 3 is 2.52 bits per heavy atom. The van der Waals surface area contributed by atoms with Crippen molar-refractivity contribution < 1.29 is 19.2 Å². The largest absolute Gasteiger partial charge is 0.460 e. The van der Waals surface area contributed by atoms with Crippen molar-refractivity contribution in [3.63, 3.8) is 0 Å². The Morgan fingerprint density at radius 2 is 1.84 bits per heavy atom. The number of aliphatic imine (C=N–C) groups is 1. The Bertz CT molecular complexity index is 1090. The van der Waals surface area contributed by atoms with Crippen molar-refractivity contribution in [2.24, 2.45) is 10.9 Å². The van der Waals surface area contributed by atoms with E-state index >= 15 is 0 Å². The summed E-state index contributed by atoms with van der Waals surface area (Å²) >= 11 is 0. The van der Waals surface area contributed by atoms with Crippen LogP contribution in [0, 0.1) is 16.0 Å². The number of hydrogen-bond donors (Lipinski definition) is 0. The van der Waals surface area contributed by atoms with Crippen LogP contribution in [0.4, 0.5) is 5.69 Å². The molecule has 158 valence electrons. The van der Waals surface area contributed by atoms with E-state index in [1.54, 1.807) is 19.1 Å². The molecule has 1 aliphatic carbocycles. The summed E-state index contributed by atoms with van der Waals surface area (Å²) in [6, 6.07) is 15.4. The van der Waals surface area contributed by atoms with Crippen LogP contribution in [0.15, 0.2) is 70.9 Å². The number of carbonyl (C=O) groups excluding carboxylic acids is 2. The molecule has 4 rings (SSSR count). The molecule has 1 aliphatic heterocycles. The van der Waals surface area contributed by atoms with Gasteiger partial charge in [0.2, 0.25) is 0 Å². The van der Waals surface area contributed by atoms with Crippen LogP contribution in [-0.4, -0.2) is 22.4 Å². The Hall–Kier alpha value is -3.61. The predicted octanol–water partition coefficient (Wildman–Crippen LogP) is 4.52. The summed E-state index contributed by atoms with van der Waals surface area (Å²) in [5.41, 5.74) is 3.33. The van der Waals surface area contributed by atoms with Crippen LogP contribution in [0.3, 0.4) is 0 Å². The molecule has 2 atom stereocenters. The van der Waals surface area contributed by atoms with Crippen LogP contribution in [0.1, 0.15) is 43.2 Å². The van der Waals surface area contributed by atoms with E-state index in [0.29, 0.717) is 35.4 Å². The first-order valence-corrected chi connectivity index (χ1v) is 10.2. The third kappa shape index (κ3) is 4.17. The van der Waals surface area contributed by atoms with E-state index in [0.717, 1.165) is 12.0 Å². The summed E-state index contributed by atoms with van der Waals surface area (Å²) in [6.07, 6.45) is 1.81. The number of non-ortho nitro benzene ring substituents is 1. The fraction of sp³-hybridized carbons (Fsp3) is 0.292. The number of hydrogen-bond acceptors (Lipinski definition) is 6. The molecular formula is C24H22N2O5. The maximum atomic E-state index is 13.2. The third-order valence-electron chi connectivity index (χ3n) is 5.78. The quantitative estimate of drug-likeness (QED) is 0.404. The Balaban J connectivity index is 1.70. The number of nitro groups is 1. The molecule has 7 heteroatoms. The predicted molar refractivity (Wildman–Crippen MR) is 115 cm³/mol. The van der Waals surface area contributed by atoms with Crippen molar-refractivity contribution in [2.75, 3.05) is 0 Å². The number of esters is 1. The van der Waals surface area contributed by atoms with Gasteiger partial charge in [-0.2, -0.15) is 0 Å². The van der Waals surface area contributed by atoms with Gasteiger partial charge in [-0.15, -0.1) is 0 Å². The highest BCUT2D eigenvalue weighted by atomic mass is 16.6. The molecule has 7 nitrogen and oxygen atoms in total. The highest BCUT2D eigenvalue weighted by molar-refractivity contribution is 6.08. The summed E-state index contributed by atoms with van der Waals surface area (Å²) in [4.78, 5) is 41.2. The SMILES string of the molecule is CC1=NC2=C(C(=O)CCC2)[C@H](c2ccc([N+](=O)[O-])cc2)C1C(=O)OCc1ccccc1. The van der Waals surface area contributed by atoms with Gasteiger partial charge in [0.15, 0.2) is 5.78 Å². The Labute approximate surface area is 179 Å². The lowest BCUT2D eigenvalue weighted by molar-refractivity contribution is -0.384. The van der Waals surface area contributed by atoms with Gasteiger partial charge in [0.05, 0.1) is 4.92 Å². The van der Waals surface area contributed by atoms with Gasteiger partial charge in [0.25, 0.3) is 5.69 Å². The topological polar surface area (TPSA) is 98.9 Å². The monoisotopic (exact) mass is 418 g/mol. The third-order valence-corrected chi connectivity index (χ3v) is 5.78. The van der Waals surface area contributed by atoms with E-state index in [4.69, 9.17) is 4.74 Å². The van der Waals surface area contributed by atoms with Crippen molar-refractivity contribution in [3.8, 4) is 0 Å². The lowest BCUT2D eigenvalue weighted by Gasteiger charge is -2.34. The minimum Gasteiger partial charge on any atom is -0.460 e. The standard InChI is InChI=1S/C24H22N2O5/c1-15-21(24(28)31-14-16-6-3-2-4-7-16)22(17-10-12-18(13-11-17)26(29)30)23-19(25-15)8-5-9-20(23)27/h2-4,6-7,10-13,21-22H,5,8-9,14H2,1H3/t21?,22-/m1/s1. The zero-order valence-corrected chi connectivity index (χ0v) is 17.1. The first-order chi connectivity index (χ1) is 15.0. The van der Waals surface area contributed by atoms with E-state index in [1.807, 2.05) is 30.3 Å². The molecule has 0 amide bonds. The van der Waals surface area contributed by atoms with Crippen LogP contribution in [0.5, 0.6) is 0 Å². The minimum absolute atomic E-state index is 0.0262. The molecule has 2 aromatic rings. The molecular weight excluding hydrogens is 396 g/mol. The van der Waals surface area contributed by atoms with Gasteiger partial charge in [-0.1, -0.05) is 42.5 Å². The van der Waals surface area contributed by atoms with Crippen molar-refractivity contribution >= 4 is 23.2 Å². The molecule has 0 radical (unpaired) electrons. The number of carbonyl (C=O) groups is 2. The fourth-order valence-corrected chi connectivity index (χ4v) is 4.29. The van der Waals surface area contributed by atoms with E-state index in [9.17, 15) is 19.7 Å². The number of benzene rings is 2. The van der Waals surface area contributed by atoms with Crippen LogP contribution >= 0.6 is 0 Å². The molecule has 0 bridgehead atoms. The number of nitrogens with zero attached hydrogens (tertiary/aromatic N) is 2. The van der Waals surface area contributed by atoms with Crippen molar-refractivity contribution in [1.29, 1.82) is 0 Å². The molecule has 2 aromatic carbocycles. The van der Waals surface area contributed by atoms with Gasteiger partial charge in [0, 0.05) is 41.5 Å². The second-order valence-corrected chi connectivity index (χ2v) is 7.79. The Morgan fingerprint density at radius 1 is 1.13 bits per heavy atom. The van der Waals surface area contributed by atoms with Crippen LogP contribution in [0.25, 0.3) is 0 Å². The highest BCUT2D eigenvalue weighted by Gasteiger charge is 2.43. The summed E-state index contributed by atoms with van der Waals surface area (Å²) in [7, 11) is 0. The zero-order valence-electron chi connectivity index (χ0n) is 17.1. The van der Waals surface area contributed by atoms with E-state index in [2.05, 4.69) is 4.99 Å². The fourth-order valence-electron chi connectivity index (χ4n) is 4.29. The van der Waals surface area contributed by atoms with Gasteiger partial charge < -0.3 is 4.74 Å². The molecule has 2 aliphatic rings. The minimum atomic E-state index is -0.758. The van der Waals surface area contributed by atoms with Gasteiger partial charge >= 0.3 is 5.97 Å². The number of rotatable bonds is 5. The van der Waals surface area contributed by atoms with Crippen LogP contribution < -0.4 is 0 Å². The number of allylic oxidation sites excluding steroid dienone is 2. The maximum Gasteiger partial charge on any atom is 0.315 e. The average Bonchev–Trinajstić information content (AvgIpc) is 2.77. The van der Waals surface area contributed by atoms with Crippen molar-refractivity contribution in [3.05, 3.63) is 87.1 Å². The zero-order chi connectivity index (χ0) is 22.0. The summed E-state index contributed by atoms with van der Waals surface area (Å²) in [5.74, 6) is -1.81. The number of ether oxygens (including phenoxy) is 1. The smallest absolute Gasteiger partial charge is 0.315 e. The molecule has 0 N–H and O–H groups in total. The van der Waals surface area contributed by atoms with Crippen molar-refractivity contribution in [2.45, 2.75) is 38.7 Å². The second kappa shape index (κ2) is 8.63.